The number of hydrogen-bond acceptors (Lipinski definition) is 3. The van der Waals surface area contributed by atoms with Crippen molar-refractivity contribution in [1.29, 1.82) is 0 Å². The fourth-order valence-corrected chi connectivity index (χ4v) is 1.57. The highest BCUT2D eigenvalue weighted by Crippen LogP contribution is 2.51. The highest BCUT2D eigenvalue weighted by molar-refractivity contribution is 5.98. The van der Waals surface area contributed by atoms with E-state index in [2.05, 4.69) is 4.74 Å². The Kier molecular flexibility index (Phi) is 6.15. The second-order valence-electron chi connectivity index (χ2n) is 5.18. The monoisotopic (exact) mass is 448 g/mol. The Labute approximate surface area is 152 Å². The van der Waals surface area contributed by atoms with Crippen molar-refractivity contribution in [2.24, 2.45) is 5.73 Å². The van der Waals surface area contributed by atoms with E-state index >= 15 is 0 Å². The van der Waals surface area contributed by atoms with Gasteiger partial charge in [0, 0.05) is 11.3 Å². The van der Waals surface area contributed by atoms with E-state index in [1.54, 1.807) is 0 Å². The van der Waals surface area contributed by atoms with E-state index in [1.807, 2.05) is 0 Å². The number of rotatable bonds is 6. The van der Waals surface area contributed by atoms with Crippen molar-refractivity contribution < 1.29 is 62.6 Å². The summed E-state index contributed by atoms with van der Waals surface area (Å²) < 4.78 is 142. The zero-order valence-corrected chi connectivity index (χ0v) is 13.3. The molecule has 5 nitrogen and oxygen atoms in total. The van der Waals surface area contributed by atoms with Crippen LogP contribution in [0.3, 0.4) is 0 Å². The maximum absolute atomic E-state index is 14.0. The van der Waals surface area contributed by atoms with Crippen LogP contribution in [-0.2, 0) is 9.53 Å². The number of nitrogens with two attached hydrogens (primary N) is 1. The summed E-state index contributed by atoms with van der Waals surface area (Å²) in [5, 5.41) is 0.997. The Balaban J connectivity index is 3.27. The molecule has 29 heavy (non-hydrogen) atoms. The van der Waals surface area contributed by atoms with Gasteiger partial charge in [-0.1, -0.05) is 0 Å². The lowest BCUT2D eigenvalue weighted by atomic mass is 10.2. The molecule has 1 atom stereocenters. The maximum atomic E-state index is 14.0. The molecular weight excluding hydrogens is 441 g/mol. The number of carbonyl (C=O) groups excluding carboxylic acids is 2. The number of halogens is 11. The summed E-state index contributed by atoms with van der Waals surface area (Å²) in [4.78, 5) is 22.3. The number of benzene rings is 1. The van der Waals surface area contributed by atoms with Crippen LogP contribution in [0.2, 0.25) is 0 Å². The summed E-state index contributed by atoms with van der Waals surface area (Å²) in [6.07, 6.45) is -21.1. The second-order valence-corrected chi connectivity index (χ2v) is 5.18. The average molecular weight is 448 g/mol. The predicted octanol–water partition coefficient (Wildman–Crippen LogP) is 3.76. The third-order valence-corrected chi connectivity index (χ3v) is 3.07. The minimum atomic E-state index is -7.29. The maximum Gasteiger partial charge on any atom is 0.462 e. The quantitative estimate of drug-likeness (QED) is 0.651. The third-order valence-electron chi connectivity index (χ3n) is 3.07. The van der Waals surface area contributed by atoms with Gasteiger partial charge in [0.25, 0.3) is 5.91 Å². The smallest absolute Gasteiger partial charge is 0.366 e. The number of ether oxygens (including phenoxy) is 1. The van der Waals surface area contributed by atoms with Gasteiger partial charge in [-0.2, -0.15) is 48.3 Å². The van der Waals surface area contributed by atoms with Crippen LogP contribution in [0, 0.1) is 0 Å². The van der Waals surface area contributed by atoms with Gasteiger partial charge in [-0.3, -0.25) is 14.3 Å². The van der Waals surface area contributed by atoms with Gasteiger partial charge >= 0.3 is 30.2 Å². The van der Waals surface area contributed by atoms with Crippen molar-refractivity contribution in [3.8, 4) is 0 Å². The molecule has 0 aliphatic rings. The molecule has 1 aromatic rings. The molecule has 0 saturated carbocycles. The highest BCUT2D eigenvalue weighted by atomic mass is 19.4. The van der Waals surface area contributed by atoms with Crippen molar-refractivity contribution in [2.45, 2.75) is 30.2 Å². The Morgan fingerprint density at radius 2 is 1.24 bits per heavy atom. The molecule has 1 aromatic carbocycles. The molecule has 0 aliphatic carbocycles. The molecular formula is C13H7F11N2O3. The van der Waals surface area contributed by atoms with Gasteiger partial charge in [-0.25, -0.2) is 0 Å². The Bertz CT molecular complexity index is 774. The van der Waals surface area contributed by atoms with Crippen LogP contribution in [0.25, 0.3) is 0 Å². The number of alkyl halides is 11. The van der Waals surface area contributed by atoms with Crippen molar-refractivity contribution in [1.82, 2.24) is 0 Å². The molecule has 0 aliphatic heterocycles. The molecule has 2 amide bonds. The molecule has 0 fully saturated rings. The van der Waals surface area contributed by atoms with Gasteiger partial charge in [0.2, 0.25) is 5.91 Å². The average Bonchev–Trinajstić information content (AvgIpc) is 2.52. The summed E-state index contributed by atoms with van der Waals surface area (Å²) in [6.45, 7) is 0. The van der Waals surface area contributed by atoms with E-state index < -0.39 is 47.7 Å². The summed E-state index contributed by atoms with van der Waals surface area (Å²) >= 11 is 0. The predicted molar refractivity (Wildman–Crippen MR) is 70.5 cm³/mol. The first-order valence-corrected chi connectivity index (χ1v) is 6.76. The second kappa shape index (κ2) is 7.31. The molecule has 0 aromatic heterocycles. The fourth-order valence-electron chi connectivity index (χ4n) is 1.57. The van der Waals surface area contributed by atoms with E-state index in [1.165, 1.54) is 0 Å². The van der Waals surface area contributed by atoms with Crippen LogP contribution in [0.1, 0.15) is 10.4 Å². The Morgan fingerprint density at radius 1 is 0.793 bits per heavy atom. The minimum Gasteiger partial charge on any atom is -0.366 e. The van der Waals surface area contributed by atoms with Crippen molar-refractivity contribution in [3.63, 3.8) is 0 Å². The molecule has 1 rings (SSSR count). The van der Waals surface area contributed by atoms with Crippen molar-refractivity contribution in [3.05, 3.63) is 29.8 Å². The standard InChI is InChI=1S/C13H7F11N2O3/c14-9(11(17,18)19,29-13(23,24)10(15,16)12(20,21)22)8(28)26-6-3-1-5(2-4-6)7(25)27/h1-4H,(H2,25,27)(H,26,28)/t9-/m0/s1. The van der Waals surface area contributed by atoms with Gasteiger partial charge in [-0.15, -0.1) is 0 Å². The largest absolute Gasteiger partial charge is 0.462 e. The number of hydrogen-bond donors (Lipinski definition) is 2. The number of carbonyl (C=O) groups is 2. The van der Waals surface area contributed by atoms with Crippen LogP contribution in [0.4, 0.5) is 54.0 Å². The third kappa shape index (κ3) is 4.68. The van der Waals surface area contributed by atoms with E-state index in [9.17, 15) is 57.9 Å². The first kappa shape index (κ1) is 24.4. The zero-order chi connectivity index (χ0) is 23.1. The van der Waals surface area contributed by atoms with Gasteiger partial charge in [0.15, 0.2) is 0 Å². The van der Waals surface area contributed by atoms with Gasteiger partial charge in [0.1, 0.15) is 0 Å². The summed E-state index contributed by atoms with van der Waals surface area (Å²) in [5.41, 5.74) is 3.76. The summed E-state index contributed by atoms with van der Waals surface area (Å²) in [5.74, 6) is -17.9. The van der Waals surface area contributed by atoms with Crippen LogP contribution >= 0.6 is 0 Å². The van der Waals surface area contributed by atoms with Crippen molar-refractivity contribution >= 4 is 17.5 Å². The lowest BCUT2D eigenvalue weighted by Gasteiger charge is -2.34. The number of nitrogens with one attached hydrogen (secondary N) is 1. The van der Waals surface area contributed by atoms with Crippen molar-refractivity contribution in [2.75, 3.05) is 5.32 Å². The first-order chi connectivity index (χ1) is 12.8. The van der Waals surface area contributed by atoms with E-state index in [-0.39, 0.29) is 5.56 Å². The summed E-state index contributed by atoms with van der Waals surface area (Å²) in [7, 11) is 0. The lowest BCUT2D eigenvalue weighted by Crippen LogP contribution is -2.62. The molecule has 0 heterocycles. The molecule has 0 unspecified atom stereocenters. The minimum absolute atomic E-state index is 0.266. The van der Waals surface area contributed by atoms with Crippen LogP contribution in [-0.4, -0.2) is 42.1 Å². The first-order valence-electron chi connectivity index (χ1n) is 6.76. The van der Waals surface area contributed by atoms with Gasteiger partial charge < -0.3 is 11.1 Å². The van der Waals surface area contributed by atoms with E-state index in [4.69, 9.17) is 5.73 Å². The number of amides is 2. The normalized spacial score (nSPS) is 15.6. The molecule has 0 spiro atoms. The zero-order valence-electron chi connectivity index (χ0n) is 13.3. The molecule has 3 N–H and O–H groups in total. The van der Waals surface area contributed by atoms with Gasteiger partial charge in [0.05, 0.1) is 0 Å². The molecule has 0 bridgehead atoms. The lowest BCUT2D eigenvalue weighted by molar-refractivity contribution is -0.472. The Morgan fingerprint density at radius 3 is 1.59 bits per heavy atom. The number of anilines is 1. The Hall–Kier alpha value is -2.65. The molecule has 0 radical (unpaired) electrons. The molecule has 164 valence electrons. The summed E-state index contributed by atoms with van der Waals surface area (Å²) in [6, 6.07) is 2.80. The van der Waals surface area contributed by atoms with Gasteiger partial charge in [-0.05, 0) is 24.3 Å². The molecule has 0 saturated heterocycles. The number of primary amides is 1. The topological polar surface area (TPSA) is 81.4 Å². The fraction of sp³-hybridized carbons (Fsp3) is 0.385. The SMILES string of the molecule is NC(=O)c1ccc(NC(=O)[C@](F)(OC(F)(F)C(F)(F)C(F)(F)F)C(F)(F)F)cc1. The molecule has 16 heteroatoms. The van der Waals surface area contributed by atoms with Crippen LogP contribution in [0.15, 0.2) is 24.3 Å². The van der Waals surface area contributed by atoms with Crippen LogP contribution in [0.5, 0.6) is 0 Å². The van der Waals surface area contributed by atoms with E-state index in [0.29, 0.717) is 12.1 Å². The van der Waals surface area contributed by atoms with Crippen LogP contribution < -0.4 is 11.1 Å². The van der Waals surface area contributed by atoms with E-state index in [0.717, 1.165) is 17.4 Å². The highest BCUT2D eigenvalue weighted by Gasteiger charge is 2.79.